The van der Waals surface area contributed by atoms with Gasteiger partial charge in [-0.15, -0.1) is 11.8 Å². The third-order valence-corrected chi connectivity index (χ3v) is 2.17. The minimum absolute atomic E-state index is 0.191. The fraction of sp³-hybridized carbons (Fsp3) is 0.143. The minimum Gasteiger partial charge on any atom is -0.207 e. The summed E-state index contributed by atoms with van der Waals surface area (Å²) in [6.45, 7) is 0. The lowest BCUT2D eigenvalue weighted by Gasteiger charge is -1.94. The monoisotopic (exact) mass is 174 g/mol. The SMILES string of the molecule is Fc1ccc(SCS)cc1. The molecule has 0 aliphatic heterocycles. The summed E-state index contributed by atoms with van der Waals surface area (Å²) in [7, 11) is 0. The van der Waals surface area contributed by atoms with Crippen LogP contribution in [0.1, 0.15) is 0 Å². The number of benzene rings is 1. The van der Waals surface area contributed by atoms with Gasteiger partial charge in [-0.1, -0.05) is 0 Å². The number of thioether (sulfide) groups is 1. The van der Waals surface area contributed by atoms with Crippen molar-refractivity contribution in [3.05, 3.63) is 30.1 Å². The Balaban J connectivity index is 2.69. The molecule has 0 nitrogen and oxygen atoms in total. The highest BCUT2D eigenvalue weighted by molar-refractivity contribution is 8.09. The molecule has 1 aromatic carbocycles. The first-order valence-electron chi connectivity index (χ1n) is 2.82. The highest BCUT2D eigenvalue weighted by Gasteiger charge is 1.90. The summed E-state index contributed by atoms with van der Waals surface area (Å²) in [4.78, 5) is 1.05. The highest BCUT2D eigenvalue weighted by atomic mass is 32.2. The Morgan fingerprint density at radius 3 is 2.40 bits per heavy atom. The van der Waals surface area contributed by atoms with Crippen molar-refractivity contribution < 1.29 is 4.39 Å². The number of hydrogen-bond donors (Lipinski definition) is 1. The lowest BCUT2D eigenvalue weighted by Crippen LogP contribution is -1.73. The molecule has 0 aromatic heterocycles. The second kappa shape index (κ2) is 3.88. The van der Waals surface area contributed by atoms with Gasteiger partial charge in [0.05, 0.1) is 0 Å². The molecule has 0 aliphatic rings. The van der Waals surface area contributed by atoms with Crippen LogP contribution in [0.3, 0.4) is 0 Å². The van der Waals surface area contributed by atoms with Gasteiger partial charge >= 0.3 is 0 Å². The van der Waals surface area contributed by atoms with E-state index >= 15 is 0 Å². The van der Waals surface area contributed by atoms with E-state index in [2.05, 4.69) is 12.6 Å². The maximum atomic E-state index is 12.3. The maximum Gasteiger partial charge on any atom is 0.123 e. The van der Waals surface area contributed by atoms with E-state index in [9.17, 15) is 4.39 Å². The molecule has 0 aliphatic carbocycles. The van der Waals surface area contributed by atoms with E-state index in [1.807, 2.05) is 0 Å². The van der Waals surface area contributed by atoms with E-state index in [0.29, 0.717) is 0 Å². The van der Waals surface area contributed by atoms with E-state index in [0.717, 1.165) is 9.98 Å². The summed E-state index contributed by atoms with van der Waals surface area (Å²) in [6.07, 6.45) is 0. The van der Waals surface area contributed by atoms with Crippen molar-refractivity contribution in [1.82, 2.24) is 0 Å². The lowest BCUT2D eigenvalue weighted by atomic mass is 10.4. The fourth-order valence-electron chi connectivity index (χ4n) is 0.605. The van der Waals surface area contributed by atoms with Crippen molar-refractivity contribution in [3.8, 4) is 0 Å². The average Bonchev–Trinajstić information content (AvgIpc) is 1.95. The molecule has 3 heteroatoms. The molecule has 10 heavy (non-hydrogen) atoms. The molecule has 0 amide bonds. The van der Waals surface area contributed by atoms with Crippen LogP contribution in [0.25, 0.3) is 0 Å². The summed E-state index contributed by atoms with van der Waals surface area (Å²) in [5.41, 5.74) is 0. The zero-order valence-electron chi connectivity index (χ0n) is 5.25. The van der Waals surface area contributed by atoms with Crippen LogP contribution in [-0.2, 0) is 0 Å². The molecule has 0 heterocycles. The minimum atomic E-state index is -0.191. The number of halogens is 1. The Morgan fingerprint density at radius 2 is 1.90 bits per heavy atom. The topological polar surface area (TPSA) is 0 Å². The summed E-state index contributed by atoms with van der Waals surface area (Å²) < 4.78 is 12.3. The predicted octanol–water partition coefficient (Wildman–Crippen LogP) is 2.81. The molecule has 0 unspecified atom stereocenters. The van der Waals surface area contributed by atoms with Gasteiger partial charge in [0.1, 0.15) is 5.82 Å². The molecule has 0 fully saturated rings. The molecule has 0 radical (unpaired) electrons. The van der Waals surface area contributed by atoms with Gasteiger partial charge in [-0.2, -0.15) is 12.6 Å². The van der Waals surface area contributed by atoms with Gasteiger partial charge in [-0.3, -0.25) is 0 Å². The van der Waals surface area contributed by atoms with Crippen LogP contribution >= 0.6 is 24.4 Å². The van der Waals surface area contributed by atoms with Gasteiger partial charge in [-0.25, -0.2) is 4.39 Å². The molecule has 1 aromatic rings. The van der Waals surface area contributed by atoms with Crippen molar-refractivity contribution in [2.75, 3.05) is 5.08 Å². The Hall–Kier alpha value is -0.150. The van der Waals surface area contributed by atoms with Crippen molar-refractivity contribution in [2.45, 2.75) is 4.90 Å². The summed E-state index contributed by atoms with van der Waals surface area (Å²) >= 11 is 5.61. The Kier molecular flexibility index (Phi) is 3.09. The first-order chi connectivity index (χ1) is 4.83. The standard InChI is InChI=1S/C7H7FS2/c8-6-1-3-7(4-2-6)10-5-9/h1-4,9H,5H2. The van der Waals surface area contributed by atoms with Crippen molar-refractivity contribution in [1.29, 1.82) is 0 Å². The molecule has 54 valence electrons. The fourth-order valence-corrected chi connectivity index (χ4v) is 1.53. The van der Waals surface area contributed by atoms with Gasteiger partial charge in [0, 0.05) is 9.98 Å². The molecule has 0 spiro atoms. The van der Waals surface area contributed by atoms with Crippen LogP contribution in [0.2, 0.25) is 0 Å². The van der Waals surface area contributed by atoms with Crippen molar-refractivity contribution in [3.63, 3.8) is 0 Å². The lowest BCUT2D eigenvalue weighted by molar-refractivity contribution is 0.626. The number of thiol groups is 1. The molecule has 1 rings (SSSR count). The van der Waals surface area contributed by atoms with Gasteiger partial charge < -0.3 is 0 Å². The van der Waals surface area contributed by atoms with Gasteiger partial charge in [0.2, 0.25) is 0 Å². The predicted molar refractivity (Wildman–Crippen MR) is 46.1 cm³/mol. The molecular formula is C7H7FS2. The third kappa shape index (κ3) is 2.23. The molecule has 0 saturated heterocycles. The smallest absolute Gasteiger partial charge is 0.123 e. The average molecular weight is 174 g/mol. The van der Waals surface area contributed by atoms with Crippen LogP contribution in [0.5, 0.6) is 0 Å². The van der Waals surface area contributed by atoms with E-state index in [-0.39, 0.29) is 5.82 Å². The molecule has 0 atom stereocenters. The van der Waals surface area contributed by atoms with Crippen LogP contribution in [-0.4, -0.2) is 5.08 Å². The first kappa shape index (κ1) is 7.95. The Morgan fingerprint density at radius 1 is 1.30 bits per heavy atom. The number of hydrogen-bond acceptors (Lipinski definition) is 2. The maximum absolute atomic E-state index is 12.3. The highest BCUT2D eigenvalue weighted by Crippen LogP contribution is 2.18. The normalized spacial score (nSPS) is 9.80. The third-order valence-electron chi connectivity index (χ3n) is 1.04. The molecular weight excluding hydrogens is 167 g/mol. The van der Waals surface area contributed by atoms with Gasteiger partial charge in [-0.05, 0) is 24.3 Å². The van der Waals surface area contributed by atoms with Crippen molar-refractivity contribution in [2.24, 2.45) is 0 Å². The molecule has 0 bridgehead atoms. The van der Waals surface area contributed by atoms with Crippen LogP contribution < -0.4 is 0 Å². The first-order valence-corrected chi connectivity index (χ1v) is 4.44. The van der Waals surface area contributed by atoms with Crippen LogP contribution in [0.4, 0.5) is 4.39 Å². The van der Waals surface area contributed by atoms with E-state index in [1.165, 1.54) is 12.1 Å². The van der Waals surface area contributed by atoms with Crippen LogP contribution in [0, 0.1) is 5.82 Å². The summed E-state index contributed by atoms with van der Waals surface area (Å²) in [5, 5.41) is 0.728. The van der Waals surface area contributed by atoms with E-state index < -0.39 is 0 Å². The zero-order chi connectivity index (χ0) is 7.40. The second-order valence-corrected chi connectivity index (χ2v) is 3.52. The molecule has 0 N–H and O–H groups in total. The Bertz CT molecular complexity index is 195. The van der Waals surface area contributed by atoms with Crippen molar-refractivity contribution >= 4 is 24.4 Å². The summed E-state index contributed by atoms with van der Waals surface area (Å²) in [5.74, 6) is -0.191. The van der Waals surface area contributed by atoms with E-state index in [4.69, 9.17) is 0 Å². The van der Waals surface area contributed by atoms with E-state index in [1.54, 1.807) is 23.9 Å². The Labute approximate surface area is 69.2 Å². The quantitative estimate of drug-likeness (QED) is 0.408. The number of rotatable bonds is 2. The van der Waals surface area contributed by atoms with Gasteiger partial charge in [0.25, 0.3) is 0 Å². The second-order valence-electron chi connectivity index (χ2n) is 1.73. The summed E-state index contributed by atoms with van der Waals surface area (Å²) in [6, 6.07) is 6.39. The zero-order valence-corrected chi connectivity index (χ0v) is 6.96. The van der Waals surface area contributed by atoms with Gasteiger partial charge in [0.15, 0.2) is 0 Å². The van der Waals surface area contributed by atoms with Crippen LogP contribution in [0.15, 0.2) is 29.2 Å². The molecule has 0 saturated carbocycles. The largest absolute Gasteiger partial charge is 0.207 e.